The molecule has 0 bridgehead atoms. The maximum Gasteiger partial charge on any atom is 0.331 e. The third kappa shape index (κ3) is 3.07. The molecule has 7 heteroatoms. The molecule has 1 heterocycles. The lowest BCUT2D eigenvalue weighted by atomic mass is 10.2. The number of carboxylic acid groups (broad SMARTS) is 1. The third-order valence-electron chi connectivity index (χ3n) is 2.72. The topological polar surface area (TPSA) is 101 Å². The zero-order valence-corrected chi connectivity index (χ0v) is 10.8. The van der Waals surface area contributed by atoms with Crippen LogP contribution < -0.4 is 0 Å². The predicted molar refractivity (Wildman–Crippen MR) is 71.5 cm³/mol. The van der Waals surface area contributed by atoms with Crippen molar-refractivity contribution >= 4 is 18.1 Å². The fraction of sp³-hybridized carbons (Fsp3) is 0.231. The molecule has 1 aromatic carbocycles. The molecule has 0 saturated heterocycles. The van der Waals surface area contributed by atoms with Crippen LogP contribution in [0, 0.1) is 0 Å². The van der Waals surface area contributed by atoms with Gasteiger partial charge in [0.2, 0.25) is 0 Å². The Hall–Kier alpha value is -2.54. The standard InChI is InChI=1S/C13H14N4O3/c1-9(18)12(13(19)20)17-11(14-15-16-17)8-7-10-5-3-2-4-6-10/h2-9,12,18H,1H3,(H,19,20)/b8-7+. The van der Waals surface area contributed by atoms with Crippen LogP contribution >= 0.6 is 0 Å². The van der Waals surface area contributed by atoms with Crippen LogP contribution in [0.3, 0.4) is 0 Å². The minimum Gasteiger partial charge on any atom is -0.480 e. The van der Waals surface area contributed by atoms with E-state index in [1.165, 1.54) is 6.92 Å². The van der Waals surface area contributed by atoms with Gasteiger partial charge in [-0.3, -0.25) is 0 Å². The van der Waals surface area contributed by atoms with E-state index in [2.05, 4.69) is 15.5 Å². The number of carboxylic acids is 1. The van der Waals surface area contributed by atoms with Crippen LogP contribution in [0.5, 0.6) is 0 Å². The van der Waals surface area contributed by atoms with Gasteiger partial charge < -0.3 is 10.2 Å². The molecule has 2 rings (SSSR count). The van der Waals surface area contributed by atoms with Crippen LogP contribution in [0.15, 0.2) is 30.3 Å². The first-order chi connectivity index (χ1) is 9.59. The lowest BCUT2D eigenvalue weighted by molar-refractivity contribution is -0.144. The summed E-state index contributed by atoms with van der Waals surface area (Å²) in [5, 5.41) is 29.5. The van der Waals surface area contributed by atoms with Gasteiger partial charge in [0.25, 0.3) is 0 Å². The van der Waals surface area contributed by atoms with E-state index in [9.17, 15) is 9.90 Å². The van der Waals surface area contributed by atoms with Gasteiger partial charge in [-0.2, -0.15) is 0 Å². The van der Waals surface area contributed by atoms with E-state index in [0.717, 1.165) is 10.2 Å². The van der Waals surface area contributed by atoms with E-state index in [1.807, 2.05) is 30.3 Å². The van der Waals surface area contributed by atoms with Crippen molar-refractivity contribution in [3.63, 3.8) is 0 Å². The highest BCUT2D eigenvalue weighted by Gasteiger charge is 2.28. The monoisotopic (exact) mass is 274 g/mol. The Bertz CT molecular complexity index is 607. The quantitative estimate of drug-likeness (QED) is 0.838. The maximum absolute atomic E-state index is 11.2. The zero-order chi connectivity index (χ0) is 14.5. The Morgan fingerprint density at radius 3 is 2.60 bits per heavy atom. The van der Waals surface area contributed by atoms with Crippen molar-refractivity contribution < 1.29 is 15.0 Å². The molecule has 0 amide bonds. The summed E-state index contributed by atoms with van der Waals surface area (Å²) in [5.74, 6) is -0.927. The summed E-state index contributed by atoms with van der Waals surface area (Å²) in [7, 11) is 0. The van der Waals surface area contributed by atoms with Gasteiger partial charge in [0, 0.05) is 0 Å². The Morgan fingerprint density at radius 2 is 2.00 bits per heavy atom. The predicted octanol–water partition coefficient (Wildman–Crippen LogP) is 0.850. The lowest BCUT2D eigenvalue weighted by Crippen LogP contribution is -2.30. The molecular formula is C13H14N4O3. The summed E-state index contributed by atoms with van der Waals surface area (Å²) < 4.78 is 1.09. The van der Waals surface area contributed by atoms with Gasteiger partial charge >= 0.3 is 5.97 Å². The van der Waals surface area contributed by atoms with Crippen molar-refractivity contribution in [2.45, 2.75) is 19.1 Å². The molecule has 0 saturated carbocycles. The highest BCUT2D eigenvalue weighted by Crippen LogP contribution is 2.14. The van der Waals surface area contributed by atoms with E-state index in [4.69, 9.17) is 5.11 Å². The molecule has 1 aromatic heterocycles. The number of aliphatic carboxylic acids is 1. The molecule has 0 spiro atoms. The zero-order valence-electron chi connectivity index (χ0n) is 10.8. The molecule has 104 valence electrons. The van der Waals surface area contributed by atoms with Crippen molar-refractivity contribution in [3.05, 3.63) is 41.7 Å². The molecule has 0 aliphatic heterocycles. The second-order valence-electron chi connectivity index (χ2n) is 4.25. The molecule has 2 N–H and O–H groups in total. The minimum absolute atomic E-state index is 0.266. The Labute approximate surface area is 115 Å². The molecular weight excluding hydrogens is 260 g/mol. The molecule has 2 unspecified atom stereocenters. The normalized spacial score (nSPS) is 14.3. The van der Waals surface area contributed by atoms with Crippen molar-refractivity contribution in [2.75, 3.05) is 0 Å². The molecule has 0 fully saturated rings. The van der Waals surface area contributed by atoms with Gasteiger partial charge in [0.1, 0.15) is 0 Å². The molecule has 0 aliphatic rings. The van der Waals surface area contributed by atoms with Crippen LogP contribution in [0.4, 0.5) is 0 Å². The number of nitrogens with zero attached hydrogens (tertiary/aromatic N) is 4. The largest absolute Gasteiger partial charge is 0.480 e. The number of benzene rings is 1. The maximum atomic E-state index is 11.2. The van der Waals surface area contributed by atoms with E-state index < -0.39 is 18.1 Å². The van der Waals surface area contributed by atoms with Crippen LogP contribution in [-0.4, -0.2) is 42.5 Å². The Morgan fingerprint density at radius 1 is 1.30 bits per heavy atom. The van der Waals surface area contributed by atoms with Crippen LogP contribution in [0.1, 0.15) is 24.4 Å². The first-order valence-corrected chi connectivity index (χ1v) is 6.01. The second-order valence-corrected chi connectivity index (χ2v) is 4.25. The fourth-order valence-electron chi connectivity index (χ4n) is 1.76. The molecule has 7 nitrogen and oxygen atoms in total. The summed E-state index contributed by atoms with van der Waals surface area (Å²) >= 11 is 0. The lowest BCUT2D eigenvalue weighted by Gasteiger charge is -2.15. The van der Waals surface area contributed by atoms with Crippen molar-refractivity contribution in [1.29, 1.82) is 0 Å². The molecule has 20 heavy (non-hydrogen) atoms. The summed E-state index contributed by atoms with van der Waals surface area (Å²) in [6.45, 7) is 1.38. The molecule has 2 atom stereocenters. The van der Waals surface area contributed by atoms with Gasteiger partial charge in [-0.1, -0.05) is 36.4 Å². The van der Waals surface area contributed by atoms with Crippen molar-refractivity contribution in [1.82, 2.24) is 20.2 Å². The number of rotatable bonds is 5. The SMILES string of the molecule is CC(O)C(C(=O)O)n1nnnc1/C=C/c1ccccc1. The molecule has 2 aromatic rings. The van der Waals surface area contributed by atoms with Gasteiger partial charge in [-0.15, -0.1) is 5.10 Å². The summed E-state index contributed by atoms with van der Waals surface area (Å²) in [6, 6.07) is 8.24. The average Bonchev–Trinajstić information content (AvgIpc) is 2.85. The minimum atomic E-state index is -1.22. The average molecular weight is 274 g/mol. The smallest absolute Gasteiger partial charge is 0.331 e. The van der Waals surface area contributed by atoms with E-state index >= 15 is 0 Å². The van der Waals surface area contributed by atoms with E-state index in [0.29, 0.717) is 0 Å². The molecule has 0 radical (unpaired) electrons. The van der Waals surface area contributed by atoms with Crippen molar-refractivity contribution in [3.8, 4) is 0 Å². The third-order valence-corrected chi connectivity index (χ3v) is 2.72. The fourth-order valence-corrected chi connectivity index (χ4v) is 1.76. The number of aliphatic hydroxyl groups is 1. The van der Waals surface area contributed by atoms with Crippen molar-refractivity contribution in [2.24, 2.45) is 0 Å². The number of hydrogen-bond acceptors (Lipinski definition) is 5. The van der Waals surface area contributed by atoms with Crippen LogP contribution in [0.25, 0.3) is 12.2 Å². The second kappa shape index (κ2) is 6.07. The van der Waals surface area contributed by atoms with Crippen LogP contribution in [0.2, 0.25) is 0 Å². The van der Waals surface area contributed by atoms with Gasteiger partial charge in [0.15, 0.2) is 11.9 Å². The van der Waals surface area contributed by atoms with Crippen LogP contribution in [-0.2, 0) is 4.79 Å². The Kier molecular flexibility index (Phi) is 4.21. The first-order valence-electron chi connectivity index (χ1n) is 6.01. The van der Waals surface area contributed by atoms with Gasteiger partial charge in [0.05, 0.1) is 6.10 Å². The number of carbonyl (C=O) groups is 1. The van der Waals surface area contributed by atoms with E-state index in [1.54, 1.807) is 12.2 Å². The number of aliphatic hydroxyl groups excluding tert-OH is 1. The highest BCUT2D eigenvalue weighted by molar-refractivity contribution is 5.73. The number of hydrogen-bond donors (Lipinski definition) is 2. The summed E-state index contributed by atoms with van der Waals surface area (Å²) in [5.41, 5.74) is 0.936. The highest BCUT2D eigenvalue weighted by atomic mass is 16.4. The number of aromatic nitrogens is 4. The van der Waals surface area contributed by atoms with Gasteiger partial charge in [-0.25, -0.2) is 9.48 Å². The first kappa shape index (κ1) is 13.9. The number of tetrazole rings is 1. The Balaban J connectivity index is 2.29. The summed E-state index contributed by atoms with van der Waals surface area (Å²) in [4.78, 5) is 11.2. The molecule has 0 aliphatic carbocycles. The van der Waals surface area contributed by atoms with E-state index in [-0.39, 0.29) is 5.82 Å². The summed E-state index contributed by atoms with van der Waals surface area (Å²) in [6.07, 6.45) is 2.26. The van der Waals surface area contributed by atoms with Gasteiger partial charge in [-0.05, 0) is 29.0 Å².